The highest BCUT2D eigenvalue weighted by Gasteiger charge is 2.37. The molecule has 112 valence electrons. The van der Waals surface area contributed by atoms with Crippen LogP contribution in [0, 0.1) is 12.8 Å². The number of aromatic nitrogens is 2. The summed E-state index contributed by atoms with van der Waals surface area (Å²) in [4.78, 5) is 25.8. The molecule has 0 radical (unpaired) electrons. The van der Waals surface area contributed by atoms with Gasteiger partial charge in [0.05, 0.1) is 5.92 Å². The molecule has 5 heteroatoms. The van der Waals surface area contributed by atoms with Gasteiger partial charge in [-0.05, 0) is 32.6 Å². The Labute approximate surface area is 125 Å². The summed E-state index contributed by atoms with van der Waals surface area (Å²) >= 11 is 0. The molecule has 1 saturated carbocycles. The highest BCUT2D eigenvalue weighted by molar-refractivity contribution is 5.82. The third kappa shape index (κ3) is 2.49. The lowest BCUT2D eigenvalue weighted by Crippen LogP contribution is -2.54. The van der Waals surface area contributed by atoms with E-state index < -0.39 is 0 Å². The summed E-state index contributed by atoms with van der Waals surface area (Å²) in [6.07, 6.45) is 4.77. The molecule has 1 aliphatic carbocycles. The summed E-state index contributed by atoms with van der Waals surface area (Å²) in [7, 11) is 0. The highest BCUT2D eigenvalue weighted by atomic mass is 16.2. The van der Waals surface area contributed by atoms with Crippen molar-refractivity contribution in [2.45, 2.75) is 38.5 Å². The zero-order valence-electron chi connectivity index (χ0n) is 12.6. The van der Waals surface area contributed by atoms with E-state index in [2.05, 4.69) is 9.88 Å². The molecule has 0 N–H and O–H groups in total. The predicted molar refractivity (Wildman–Crippen MR) is 80.3 cm³/mol. The van der Waals surface area contributed by atoms with Crippen molar-refractivity contribution in [2.24, 2.45) is 5.92 Å². The summed E-state index contributed by atoms with van der Waals surface area (Å²) in [5, 5.41) is 0. The number of nitrogens with zero attached hydrogens (tertiary/aromatic N) is 4. The minimum absolute atomic E-state index is 0.169. The van der Waals surface area contributed by atoms with Crippen LogP contribution in [0.3, 0.4) is 0 Å². The van der Waals surface area contributed by atoms with Gasteiger partial charge in [-0.2, -0.15) is 0 Å². The van der Waals surface area contributed by atoms with Crippen LogP contribution in [0.2, 0.25) is 0 Å². The van der Waals surface area contributed by atoms with Crippen molar-refractivity contribution in [1.82, 2.24) is 14.9 Å². The normalized spacial score (nSPS) is 22.5. The van der Waals surface area contributed by atoms with E-state index in [0.29, 0.717) is 11.8 Å². The number of anilines is 1. The Morgan fingerprint density at radius 2 is 1.90 bits per heavy atom. The standard InChI is InChI=1S/C16H22N4O/c1-11-8-14(18-15(17-11)12-4-5-12)20-9-13(10-20)16(21)19-6-2-3-7-19/h8,12-13H,2-7,9-10H2,1H3. The van der Waals surface area contributed by atoms with Crippen LogP contribution >= 0.6 is 0 Å². The molecule has 1 aromatic rings. The maximum absolute atomic E-state index is 12.3. The van der Waals surface area contributed by atoms with Gasteiger partial charge in [0.2, 0.25) is 5.91 Å². The molecule has 2 saturated heterocycles. The van der Waals surface area contributed by atoms with Crippen LogP contribution in [0.15, 0.2) is 6.07 Å². The van der Waals surface area contributed by atoms with Crippen molar-refractivity contribution < 1.29 is 4.79 Å². The van der Waals surface area contributed by atoms with Crippen LogP contribution < -0.4 is 4.90 Å². The number of hydrogen-bond acceptors (Lipinski definition) is 4. The average Bonchev–Trinajstić information content (AvgIpc) is 3.11. The Hall–Kier alpha value is -1.65. The quantitative estimate of drug-likeness (QED) is 0.849. The third-order valence-electron chi connectivity index (χ3n) is 4.77. The van der Waals surface area contributed by atoms with Crippen molar-refractivity contribution in [3.63, 3.8) is 0 Å². The van der Waals surface area contributed by atoms with Gasteiger partial charge in [-0.3, -0.25) is 4.79 Å². The first-order chi connectivity index (χ1) is 10.2. The second-order valence-electron chi connectivity index (χ2n) is 6.63. The van der Waals surface area contributed by atoms with Gasteiger partial charge in [-0.15, -0.1) is 0 Å². The molecular formula is C16H22N4O. The van der Waals surface area contributed by atoms with Crippen molar-refractivity contribution in [2.75, 3.05) is 31.1 Å². The van der Waals surface area contributed by atoms with E-state index in [9.17, 15) is 4.79 Å². The number of carbonyl (C=O) groups is 1. The number of rotatable bonds is 3. The number of amides is 1. The van der Waals surface area contributed by atoms with Crippen molar-refractivity contribution >= 4 is 11.7 Å². The van der Waals surface area contributed by atoms with Crippen LogP contribution in [-0.4, -0.2) is 47.0 Å². The van der Waals surface area contributed by atoms with Gasteiger partial charge in [0, 0.05) is 43.9 Å². The molecule has 21 heavy (non-hydrogen) atoms. The van der Waals surface area contributed by atoms with E-state index in [-0.39, 0.29) is 5.92 Å². The third-order valence-corrected chi connectivity index (χ3v) is 4.77. The first-order valence-electron chi connectivity index (χ1n) is 8.10. The Bertz CT molecular complexity index is 557. The Morgan fingerprint density at radius 3 is 2.57 bits per heavy atom. The Balaban J connectivity index is 1.41. The van der Waals surface area contributed by atoms with Crippen molar-refractivity contribution in [3.05, 3.63) is 17.6 Å². The molecular weight excluding hydrogens is 264 g/mol. The minimum atomic E-state index is 0.169. The molecule has 0 spiro atoms. The van der Waals surface area contributed by atoms with Crippen LogP contribution in [0.4, 0.5) is 5.82 Å². The SMILES string of the molecule is Cc1cc(N2CC(C(=O)N3CCCC3)C2)nc(C2CC2)n1. The van der Waals surface area contributed by atoms with E-state index in [4.69, 9.17) is 4.98 Å². The molecule has 4 rings (SSSR count). The molecule has 1 amide bonds. The topological polar surface area (TPSA) is 49.3 Å². The lowest BCUT2D eigenvalue weighted by molar-refractivity contribution is -0.135. The van der Waals surface area contributed by atoms with Crippen LogP contribution in [0.1, 0.15) is 43.1 Å². The van der Waals surface area contributed by atoms with Crippen LogP contribution in [0.5, 0.6) is 0 Å². The summed E-state index contributed by atoms with van der Waals surface area (Å²) in [6.45, 7) is 5.57. The molecule has 2 aliphatic heterocycles. The van der Waals surface area contributed by atoms with E-state index in [1.807, 2.05) is 17.9 Å². The van der Waals surface area contributed by atoms with E-state index in [0.717, 1.165) is 56.4 Å². The summed E-state index contributed by atoms with van der Waals surface area (Å²) in [5.74, 6) is 3.10. The second kappa shape index (κ2) is 4.97. The molecule has 0 aromatic carbocycles. The zero-order chi connectivity index (χ0) is 14.4. The molecule has 3 aliphatic rings. The van der Waals surface area contributed by atoms with Gasteiger partial charge in [0.1, 0.15) is 11.6 Å². The van der Waals surface area contributed by atoms with Gasteiger partial charge >= 0.3 is 0 Å². The Morgan fingerprint density at radius 1 is 1.19 bits per heavy atom. The summed E-state index contributed by atoms with van der Waals surface area (Å²) < 4.78 is 0. The number of likely N-dealkylation sites (tertiary alicyclic amines) is 1. The smallest absolute Gasteiger partial charge is 0.229 e. The number of carbonyl (C=O) groups excluding carboxylic acids is 1. The molecule has 3 heterocycles. The van der Waals surface area contributed by atoms with Crippen molar-refractivity contribution in [1.29, 1.82) is 0 Å². The van der Waals surface area contributed by atoms with E-state index >= 15 is 0 Å². The molecule has 0 unspecified atom stereocenters. The van der Waals surface area contributed by atoms with E-state index in [1.54, 1.807) is 0 Å². The summed E-state index contributed by atoms with van der Waals surface area (Å²) in [6, 6.07) is 2.04. The maximum atomic E-state index is 12.3. The van der Waals surface area contributed by atoms with Gasteiger partial charge in [0.15, 0.2) is 0 Å². The lowest BCUT2D eigenvalue weighted by Gasteiger charge is -2.40. The molecule has 0 bridgehead atoms. The highest BCUT2D eigenvalue weighted by Crippen LogP contribution is 2.39. The second-order valence-corrected chi connectivity index (χ2v) is 6.63. The summed E-state index contributed by atoms with van der Waals surface area (Å²) in [5.41, 5.74) is 1.04. The van der Waals surface area contributed by atoms with Crippen molar-refractivity contribution in [3.8, 4) is 0 Å². The minimum Gasteiger partial charge on any atom is -0.355 e. The first-order valence-corrected chi connectivity index (χ1v) is 8.10. The average molecular weight is 286 g/mol. The van der Waals surface area contributed by atoms with Gasteiger partial charge < -0.3 is 9.80 Å². The molecule has 0 atom stereocenters. The largest absolute Gasteiger partial charge is 0.355 e. The molecule has 5 nitrogen and oxygen atoms in total. The maximum Gasteiger partial charge on any atom is 0.229 e. The predicted octanol–water partition coefficient (Wildman–Crippen LogP) is 1.72. The van der Waals surface area contributed by atoms with Gasteiger partial charge in [-0.1, -0.05) is 0 Å². The number of aryl methyl sites for hydroxylation is 1. The van der Waals surface area contributed by atoms with Crippen LogP contribution in [0.25, 0.3) is 0 Å². The fraction of sp³-hybridized carbons (Fsp3) is 0.688. The monoisotopic (exact) mass is 286 g/mol. The molecule has 3 fully saturated rings. The fourth-order valence-electron chi connectivity index (χ4n) is 3.28. The van der Waals surface area contributed by atoms with Gasteiger partial charge in [0.25, 0.3) is 0 Å². The fourth-order valence-corrected chi connectivity index (χ4v) is 3.28. The molecule has 1 aromatic heterocycles. The van der Waals surface area contributed by atoms with E-state index in [1.165, 1.54) is 12.8 Å². The zero-order valence-corrected chi connectivity index (χ0v) is 12.6. The first kappa shape index (κ1) is 13.0. The Kier molecular flexibility index (Phi) is 3.08. The van der Waals surface area contributed by atoms with Gasteiger partial charge in [-0.25, -0.2) is 9.97 Å². The van der Waals surface area contributed by atoms with Crippen LogP contribution in [-0.2, 0) is 4.79 Å². The number of hydrogen-bond donors (Lipinski definition) is 0. The lowest BCUT2D eigenvalue weighted by atomic mass is 9.98.